The van der Waals surface area contributed by atoms with Crippen LogP contribution in [0.1, 0.15) is 30.1 Å². The SMILES string of the molecule is Cc1c(-c2ccc(F)c(Cl)c2)[nH]c(C2CC2)nc1=S. The highest BCUT2D eigenvalue weighted by Crippen LogP contribution is 2.39. The fourth-order valence-electron chi connectivity index (χ4n) is 2.04. The molecule has 1 heterocycles. The van der Waals surface area contributed by atoms with E-state index >= 15 is 0 Å². The van der Waals surface area contributed by atoms with E-state index in [2.05, 4.69) is 9.97 Å². The van der Waals surface area contributed by atoms with Gasteiger partial charge in [-0.2, -0.15) is 0 Å². The highest BCUT2D eigenvalue weighted by molar-refractivity contribution is 7.71. The lowest BCUT2D eigenvalue weighted by molar-refractivity contribution is 0.628. The lowest BCUT2D eigenvalue weighted by Crippen LogP contribution is -1.99. The molecule has 0 saturated heterocycles. The van der Waals surface area contributed by atoms with Crippen molar-refractivity contribution in [1.29, 1.82) is 0 Å². The molecule has 3 rings (SSSR count). The minimum atomic E-state index is -0.418. The molecule has 1 saturated carbocycles. The van der Waals surface area contributed by atoms with Crippen LogP contribution in [0.15, 0.2) is 18.2 Å². The van der Waals surface area contributed by atoms with Gasteiger partial charge in [0.25, 0.3) is 0 Å². The summed E-state index contributed by atoms with van der Waals surface area (Å²) in [6, 6.07) is 4.68. The van der Waals surface area contributed by atoms with Crippen molar-refractivity contribution in [2.75, 3.05) is 0 Å². The summed E-state index contributed by atoms with van der Waals surface area (Å²) in [5, 5.41) is 0.112. The van der Waals surface area contributed by atoms with Gasteiger partial charge < -0.3 is 4.98 Å². The van der Waals surface area contributed by atoms with Crippen LogP contribution in [0, 0.1) is 17.4 Å². The molecule has 1 aromatic heterocycles. The summed E-state index contributed by atoms with van der Waals surface area (Å²) in [5.41, 5.74) is 2.60. The summed E-state index contributed by atoms with van der Waals surface area (Å²) in [6.07, 6.45) is 2.29. The molecule has 1 aliphatic rings. The normalized spacial score (nSPS) is 14.7. The van der Waals surface area contributed by atoms with E-state index < -0.39 is 5.82 Å². The number of aromatic amines is 1. The minimum Gasteiger partial charge on any atom is -0.343 e. The van der Waals surface area contributed by atoms with Crippen molar-refractivity contribution >= 4 is 23.8 Å². The van der Waals surface area contributed by atoms with Gasteiger partial charge in [0.2, 0.25) is 0 Å². The van der Waals surface area contributed by atoms with Crippen molar-refractivity contribution in [3.8, 4) is 11.3 Å². The van der Waals surface area contributed by atoms with E-state index in [9.17, 15) is 4.39 Å². The van der Waals surface area contributed by atoms with E-state index in [-0.39, 0.29) is 5.02 Å². The van der Waals surface area contributed by atoms with E-state index in [4.69, 9.17) is 23.8 Å². The first-order valence-electron chi connectivity index (χ1n) is 6.12. The number of benzene rings is 1. The quantitative estimate of drug-likeness (QED) is 0.807. The van der Waals surface area contributed by atoms with Crippen LogP contribution in [0.4, 0.5) is 4.39 Å². The van der Waals surface area contributed by atoms with Gasteiger partial charge in [-0.15, -0.1) is 0 Å². The van der Waals surface area contributed by atoms with Crippen molar-refractivity contribution in [2.24, 2.45) is 0 Å². The van der Waals surface area contributed by atoms with Gasteiger partial charge in [-0.3, -0.25) is 0 Å². The maximum absolute atomic E-state index is 13.2. The molecular formula is C14H12ClFN2S. The molecule has 1 N–H and O–H groups in total. The molecule has 0 unspecified atom stereocenters. The monoisotopic (exact) mass is 294 g/mol. The van der Waals surface area contributed by atoms with E-state index in [1.807, 2.05) is 6.92 Å². The largest absolute Gasteiger partial charge is 0.343 e. The van der Waals surface area contributed by atoms with E-state index in [0.717, 1.165) is 35.5 Å². The van der Waals surface area contributed by atoms with Gasteiger partial charge in [-0.1, -0.05) is 23.8 Å². The van der Waals surface area contributed by atoms with Crippen LogP contribution >= 0.6 is 23.8 Å². The highest BCUT2D eigenvalue weighted by Gasteiger charge is 2.26. The number of halogens is 2. The van der Waals surface area contributed by atoms with Crippen LogP contribution in [0.5, 0.6) is 0 Å². The molecule has 5 heteroatoms. The van der Waals surface area contributed by atoms with Crippen molar-refractivity contribution < 1.29 is 4.39 Å². The summed E-state index contributed by atoms with van der Waals surface area (Å²) >= 11 is 11.1. The fourth-order valence-corrected chi connectivity index (χ4v) is 2.42. The van der Waals surface area contributed by atoms with Crippen LogP contribution in [0.25, 0.3) is 11.3 Å². The standard InChI is InChI=1S/C14H12ClFN2S/c1-7-12(9-4-5-11(16)10(15)6-9)17-13(8-2-3-8)18-14(7)19/h4-6,8H,2-3H2,1H3,(H,17,18,19). The molecule has 1 aliphatic carbocycles. The maximum Gasteiger partial charge on any atom is 0.141 e. The van der Waals surface area contributed by atoms with Gasteiger partial charge in [-0.05, 0) is 38.0 Å². The molecule has 0 atom stereocenters. The molecule has 2 aromatic rings. The maximum atomic E-state index is 13.2. The Morgan fingerprint density at radius 1 is 1.42 bits per heavy atom. The summed E-state index contributed by atoms with van der Waals surface area (Å²) in [4.78, 5) is 7.73. The van der Waals surface area contributed by atoms with Crippen molar-refractivity contribution in [1.82, 2.24) is 9.97 Å². The number of nitrogens with one attached hydrogen (secondary N) is 1. The Kier molecular flexibility index (Phi) is 3.15. The number of H-pyrrole nitrogens is 1. The number of hydrogen-bond acceptors (Lipinski definition) is 2. The summed E-state index contributed by atoms with van der Waals surface area (Å²) in [7, 11) is 0. The number of aromatic nitrogens is 2. The third kappa shape index (κ3) is 2.42. The Morgan fingerprint density at radius 3 is 2.79 bits per heavy atom. The first kappa shape index (κ1) is 12.8. The summed E-state index contributed by atoms with van der Waals surface area (Å²) < 4.78 is 13.8. The predicted octanol–water partition coefficient (Wildman–Crippen LogP) is 4.78. The molecular weight excluding hydrogens is 283 g/mol. The summed E-state index contributed by atoms with van der Waals surface area (Å²) in [6.45, 7) is 1.91. The molecule has 1 fully saturated rings. The second-order valence-corrected chi connectivity index (χ2v) is 5.62. The Labute approximate surface area is 120 Å². The summed E-state index contributed by atoms with van der Waals surface area (Å²) in [5.74, 6) is 0.987. The molecule has 1 aromatic carbocycles. The average Bonchev–Trinajstić information content (AvgIpc) is 3.20. The Balaban J connectivity index is 2.17. The molecule has 0 bridgehead atoms. The third-order valence-electron chi connectivity index (χ3n) is 3.34. The van der Waals surface area contributed by atoms with Crippen molar-refractivity contribution in [2.45, 2.75) is 25.7 Å². The van der Waals surface area contributed by atoms with Crippen molar-refractivity contribution in [3.05, 3.63) is 45.1 Å². The molecule has 2 nitrogen and oxygen atoms in total. The van der Waals surface area contributed by atoms with Crippen LogP contribution < -0.4 is 0 Å². The van der Waals surface area contributed by atoms with Gasteiger partial charge in [0.15, 0.2) is 0 Å². The van der Waals surface area contributed by atoms with Gasteiger partial charge >= 0.3 is 0 Å². The molecule has 0 amide bonds. The predicted molar refractivity (Wildman–Crippen MR) is 76.5 cm³/mol. The average molecular weight is 295 g/mol. The Hall–Kier alpha value is -1.26. The van der Waals surface area contributed by atoms with Gasteiger partial charge in [0.05, 0.1) is 10.7 Å². The number of nitrogens with zero attached hydrogens (tertiary/aromatic N) is 1. The first-order valence-corrected chi connectivity index (χ1v) is 6.91. The number of hydrogen-bond donors (Lipinski definition) is 1. The number of rotatable bonds is 2. The minimum absolute atomic E-state index is 0.112. The zero-order chi connectivity index (χ0) is 13.6. The van der Waals surface area contributed by atoms with E-state index in [1.54, 1.807) is 12.1 Å². The van der Waals surface area contributed by atoms with Crippen molar-refractivity contribution in [3.63, 3.8) is 0 Å². The second kappa shape index (κ2) is 4.69. The van der Waals surface area contributed by atoms with Gasteiger partial charge in [-0.25, -0.2) is 9.37 Å². The van der Waals surface area contributed by atoms with E-state index in [0.29, 0.717) is 10.6 Å². The van der Waals surface area contributed by atoms with Crippen LogP contribution in [-0.2, 0) is 0 Å². The first-order chi connectivity index (χ1) is 9.06. The van der Waals surface area contributed by atoms with Crippen LogP contribution in [0.2, 0.25) is 5.02 Å². The second-order valence-electron chi connectivity index (χ2n) is 4.83. The molecule has 0 radical (unpaired) electrons. The zero-order valence-electron chi connectivity index (χ0n) is 10.3. The Morgan fingerprint density at radius 2 is 2.16 bits per heavy atom. The molecule has 98 valence electrons. The van der Waals surface area contributed by atoms with Crippen LogP contribution in [-0.4, -0.2) is 9.97 Å². The van der Waals surface area contributed by atoms with Gasteiger partial charge in [0.1, 0.15) is 16.3 Å². The third-order valence-corrected chi connectivity index (χ3v) is 4.03. The highest BCUT2D eigenvalue weighted by atomic mass is 35.5. The molecule has 0 aliphatic heterocycles. The lowest BCUT2D eigenvalue weighted by Gasteiger charge is -2.10. The Bertz CT molecular complexity index is 707. The fraction of sp³-hybridized carbons (Fsp3) is 0.286. The van der Waals surface area contributed by atoms with Crippen LogP contribution in [0.3, 0.4) is 0 Å². The lowest BCUT2D eigenvalue weighted by atomic mass is 10.1. The molecule has 0 spiro atoms. The van der Waals surface area contributed by atoms with Gasteiger partial charge in [0, 0.05) is 17.0 Å². The van der Waals surface area contributed by atoms with E-state index in [1.165, 1.54) is 6.07 Å². The smallest absolute Gasteiger partial charge is 0.141 e. The topological polar surface area (TPSA) is 28.7 Å². The zero-order valence-corrected chi connectivity index (χ0v) is 11.9. The molecule has 19 heavy (non-hydrogen) atoms.